The van der Waals surface area contributed by atoms with Gasteiger partial charge in [0.05, 0.1) is 11.6 Å². The van der Waals surface area contributed by atoms with Gasteiger partial charge in [-0.2, -0.15) is 4.99 Å². The highest BCUT2D eigenvalue weighted by atomic mass is 32.1. The SMILES string of the molecule is CC1=NC(=NC2Nc3ccccc3O2)NC(C2CC=CCC2C)C1C(=O)Nc1nccs1. The molecule has 5 unspecified atom stereocenters. The third kappa shape index (κ3) is 4.12. The second-order valence-corrected chi connectivity index (χ2v) is 9.27. The second kappa shape index (κ2) is 8.74. The first kappa shape index (κ1) is 20.7. The van der Waals surface area contributed by atoms with Crippen LogP contribution in [0.25, 0.3) is 0 Å². The Morgan fingerprint density at radius 2 is 2.09 bits per heavy atom. The van der Waals surface area contributed by atoms with Crippen molar-refractivity contribution in [3.63, 3.8) is 0 Å². The lowest BCUT2D eigenvalue weighted by atomic mass is 9.73. The predicted molar refractivity (Wildman–Crippen MR) is 127 cm³/mol. The van der Waals surface area contributed by atoms with Gasteiger partial charge in [0.2, 0.25) is 11.9 Å². The van der Waals surface area contributed by atoms with Crippen LogP contribution in [0.15, 0.2) is 58.0 Å². The average molecular weight is 451 g/mol. The zero-order chi connectivity index (χ0) is 22.1. The van der Waals surface area contributed by atoms with Crippen LogP contribution >= 0.6 is 11.3 Å². The Morgan fingerprint density at radius 3 is 2.88 bits per heavy atom. The summed E-state index contributed by atoms with van der Waals surface area (Å²) in [5.41, 5.74) is 1.64. The highest BCUT2D eigenvalue weighted by Gasteiger charge is 2.42. The summed E-state index contributed by atoms with van der Waals surface area (Å²) in [7, 11) is 0. The molecule has 0 fully saturated rings. The number of aliphatic imine (C=N–C) groups is 2. The number of anilines is 2. The standard InChI is InChI=1S/C23H26N6O2S/c1-13-7-3-4-8-15(13)19-18(20(30)28-23-24-11-12-32-23)14(2)25-21(27-19)29-22-26-16-9-5-6-10-17(16)31-22/h3-6,9-13,15,18-19,22,26H,7-8H2,1-2H3,(H,27,29)(H,24,28,30). The van der Waals surface area contributed by atoms with Crippen LogP contribution in [0.2, 0.25) is 0 Å². The molecule has 8 nitrogen and oxygen atoms in total. The average Bonchev–Trinajstić information content (AvgIpc) is 3.42. The summed E-state index contributed by atoms with van der Waals surface area (Å²) >= 11 is 1.41. The van der Waals surface area contributed by atoms with Crippen LogP contribution < -0.4 is 20.7 Å². The number of hydrogen-bond acceptors (Lipinski definition) is 6. The number of aromatic nitrogens is 1. The number of fused-ring (bicyclic) bond motifs is 1. The number of para-hydroxylation sites is 2. The summed E-state index contributed by atoms with van der Waals surface area (Å²) in [5, 5.41) is 12.1. The lowest BCUT2D eigenvalue weighted by Crippen LogP contribution is -2.56. The summed E-state index contributed by atoms with van der Waals surface area (Å²) < 4.78 is 5.89. The van der Waals surface area contributed by atoms with E-state index in [9.17, 15) is 4.79 Å². The first-order valence-corrected chi connectivity index (χ1v) is 11.7. The van der Waals surface area contributed by atoms with E-state index in [4.69, 9.17) is 4.74 Å². The van der Waals surface area contributed by atoms with Crippen molar-refractivity contribution in [1.29, 1.82) is 0 Å². The van der Waals surface area contributed by atoms with Crippen molar-refractivity contribution < 1.29 is 9.53 Å². The number of allylic oxidation sites excluding steroid dienone is 2. The number of ether oxygens (including phenoxy) is 1. The van der Waals surface area contributed by atoms with Gasteiger partial charge in [0.15, 0.2) is 5.13 Å². The number of rotatable bonds is 4. The summed E-state index contributed by atoms with van der Waals surface area (Å²) in [6.45, 7) is 4.14. The zero-order valence-corrected chi connectivity index (χ0v) is 18.8. The second-order valence-electron chi connectivity index (χ2n) is 8.37. The third-order valence-corrected chi connectivity index (χ3v) is 6.94. The molecule has 0 saturated carbocycles. The molecule has 32 heavy (non-hydrogen) atoms. The van der Waals surface area contributed by atoms with Crippen molar-refractivity contribution in [1.82, 2.24) is 10.3 Å². The van der Waals surface area contributed by atoms with Gasteiger partial charge in [0.1, 0.15) is 5.75 Å². The largest absolute Gasteiger partial charge is 0.448 e. The number of hydrogen-bond donors (Lipinski definition) is 3. The Hall–Kier alpha value is -3.20. The highest BCUT2D eigenvalue weighted by molar-refractivity contribution is 7.13. The van der Waals surface area contributed by atoms with Gasteiger partial charge in [-0.15, -0.1) is 11.3 Å². The van der Waals surface area contributed by atoms with Gasteiger partial charge in [0, 0.05) is 23.3 Å². The quantitative estimate of drug-likeness (QED) is 0.614. The molecule has 5 rings (SSSR count). The van der Waals surface area contributed by atoms with Crippen LogP contribution in [0.5, 0.6) is 5.75 Å². The van der Waals surface area contributed by atoms with Gasteiger partial charge in [-0.1, -0.05) is 31.2 Å². The van der Waals surface area contributed by atoms with Crippen molar-refractivity contribution >= 4 is 39.7 Å². The Labute approximate surface area is 190 Å². The number of carbonyl (C=O) groups excluding carboxylic acids is 1. The molecule has 3 N–H and O–H groups in total. The first-order valence-electron chi connectivity index (χ1n) is 10.9. The monoisotopic (exact) mass is 450 g/mol. The van der Waals surface area contributed by atoms with Crippen molar-refractivity contribution in [3.8, 4) is 5.75 Å². The number of nitrogens with one attached hydrogen (secondary N) is 3. The van der Waals surface area contributed by atoms with Crippen LogP contribution in [0.3, 0.4) is 0 Å². The molecule has 3 aliphatic rings. The molecule has 0 radical (unpaired) electrons. The molecule has 5 atom stereocenters. The van der Waals surface area contributed by atoms with E-state index in [1.54, 1.807) is 6.20 Å². The Morgan fingerprint density at radius 1 is 1.25 bits per heavy atom. The molecule has 3 heterocycles. The van der Waals surface area contributed by atoms with E-state index in [-0.39, 0.29) is 17.9 Å². The molecule has 1 amide bonds. The van der Waals surface area contributed by atoms with Crippen molar-refractivity contribution in [2.24, 2.45) is 27.7 Å². The summed E-state index contributed by atoms with van der Waals surface area (Å²) in [5.74, 6) is 1.45. The smallest absolute Gasteiger partial charge is 0.271 e. The Bertz CT molecular complexity index is 1050. The van der Waals surface area contributed by atoms with Crippen LogP contribution in [-0.2, 0) is 4.79 Å². The number of benzene rings is 1. The van der Waals surface area contributed by atoms with Crippen LogP contribution in [0, 0.1) is 17.8 Å². The molecule has 0 bridgehead atoms. The molecule has 2 aromatic rings. The maximum atomic E-state index is 13.3. The number of thiazole rings is 1. The number of guanidine groups is 1. The van der Waals surface area contributed by atoms with Gasteiger partial charge < -0.3 is 20.7 Å². The number of carbonyl (C=O) groups is 1. The van der Waals surface area contributed by atoms with Crippen molar-refractivity contribution in [2.75, 3.05) is 10.6 Å². The molecule has 166 valence electrons. The minimum absolute atomic E-state index is 0.0952. The van der Waals surface area contributed by atoms with E-state index in [1.165, 1.54) is 11.3 Å². The van der Waals surface area contributed by atoms with Gasteiger partial charge in [0.25, 0.3) is 6.35 Å². The van der Waals surface area contributed by atoms with Gasteiger partial charge in [-0.25, -0.2) is 9.98 Å². The zero-order valence-electron chi connectivity index (χ0n) is 18.0. The van der Waals surface area contributed by atoms with Gasteiger partial charge in [-0.05, 0) is 43.7 Å². The molecule has 0 saturated heterocycles. The van der Waals surface area contributed by atoms with Gasteiger partial charge >= 0.3 is 0 Å². The molecular formula is C23H26N6O2S. The lowest BCUT2D eigenvalue weighted by molar-refractivity contribution is -0.119. The molecule has 2 aliphatic heterocycles. The summed E-state index contributed by atoms with van der Waals surface area (Å²) in [6, 6.07) is 7.61. The Kier molecular flexibility index (Phi) is 5.65. The fourth-order valence-corrected chi connectivity index (χ4v) is 5.15. The molecule has 1 aromatic carbocycles. The Balaban J connectivity index is 1.42. The molecule has 1 aromatic heterocycles. The number of nitrogens with zero attached hydrogens (tertiary/aromatic N) is 3. The van der Waals surface area contributed by atoms with Crippen LogP contribution in [0.4, 0.5) is 10.8 Å². The molecule has 1 aliphatic carbocycles. The molecule has 0 spiro atoms. The fourth-order valence-electron chi connectivity index (χ4n) is 4.62. The van der Waals surface area contributed by atoms with Crippen molar-refractivity contribution in [3.05, 3.63) is 48.0 Å². The summed E-state index contributed by atoms with van der Waals surface area (Å²) in [4.78, 5) is 26.8. The normalized spacial score (nSPS) is 30.0. The van der Waals surface area contributed by atoms with E-state index < -0.39 is 12.3 Å². The topological polar surface area (TPSA) is 100 Å². The van der Waals surface area contributed by atoms with Crippen LogP contribution in [0.1, 0.15) is 26.7 Å². The van der Waals surface area contributed by atoms with Crippen molar-refractivity contribution in [2.45, 2.75) is 39.1 Å². The van der Waals surface area contributed by atoms with Gasteiger partial charge in [-0.3, -0.25) is 4.79 Å². The lowest BCUT2D eigenvalue weighted by Gasteiger charge is -2.40. The van der Waals surface area contributed by atoms with E-state index in [1.807, 2.05) is 36.6 Å². The minimum atomic E-state index is -0.559. The molecule has 9 heteroatoms. The van der Waals surface area contributed by atoms with E-state index in [0.29, 0.717) is 17.0 Å². The molecular weight excluding hydrogens is 424 g/mol. The highest BCUT2D eigenvalue weighted by Crippen LogP contribution is 2.34. The summed E-state index contributed by atoms with van der Waals surface area (Å²) in [6.07, 6.45) is 7.45. The number of amides is 1. The maximum Gasteiger partial charge on any atom is 0.271 e. The maximum absolute atomic E-state index is 13.3. The van der Waals surface area contributed by atoms with E-state index in [2.05, 4.69) is 50.0 Å². The van der Waals surface area contributed by atoms with Crippen LogP contribution in [-0.4, -0.2) is 35.0 Å². The minimum Gasteiger partial charge on any atom is -0.448 e. The fraction of sp³-hybridized carbons (Fsp3) is 0.391. The van der Waals surface area contributed by atoms with E-state index in [0.717, 1.165) is 30.0 Å². The van der Waals surface area contributed by atoms with E-state index >= 15 is 0 Å². The predicted octanol–water partition coefficient (Wildman–Crippen LogP) is 3.88. The third-order valence-electron chi connectivity index (χ3n) is 6.25. The first-order chi connectivity index (χ1) is 15.6.